The Bertz CT molecular complexity index is 917. The summed E-state index contributed by atoms with van der Waals surface area (Å²) in [4.78, 5) is 8.48. The lowest BCUT2D eigenvalue weighted by molar-refractivity contribution is 0.497. The molecule has 0 radical (unpaired) electrons. The van der Waals surface area contributed by atoms with Gasteiger partial charge in [0.25, 0.3) is 0 Å². The van der Waals surface area contributed by atoms with E-state index in [2.05, 4.69) is 25.6 Å². The molecular formula is C15H19ClN6O2S. The minimum Gasteiger partial charge on any atom is -0.249 e. The van der Waals surface area contributed by atoms with Crippen LogP contribution >= 0.6 is 11.6 Å². The highest BCUT2D eigenvalue weighted by Gasteiger charge is 2.31. The van der Waals surface area contributed by atoms with Gasteiger partial charge in [-0.1, -0.05) is 11.6 Å². The standard InChI is InChI=1S/C15H19ClN6O2S/c1-9-6-10(2)19-15(18-9)20-17-7-13-11(3)21-22(14(13)16)12-4-5-25(23,24)8-12/h6-7,12H,4-5,8H2,1-3H3,(H,18,19,20)/b17-7-/t12-/m0/s1. The molecule has 0 bridgehead atoms. The van der Waals surface area contributed by atoms with Crippen molar-refractivity contribution in [1.82, 2.24) is 19.7 Å². The van der Waals surface area contributed by atoms with Crippen molar-refractivity contribution in [2.75, 3.05) is 16.9 Å². The Morgan fingerprint density at radius 3 is 2.60 bits per heavy atom. The molecular weight excluding hydrogens is 364 g/mol. The molecule has 0 saturated carbocycles. The lowest BCUT2D eigenvalue weighted by atomic mass is 10.2. The first-order valence-corrected chi connectivity index (χ1v) is 10.0. The number of hydrogen-bond acceptors (Lipinski definition) is 7. The highest BCUT2D eigenvalue weighted by molar-refractivity contribution is 7.91. The maximum Gasteiger partial charge on any atom is 0.243 e. The zero-order valence-electron chi connectivity index (χ0n) is 14.2. The molecule has 1 saturated heterocycles. The quantitative estimate of drug-likeness (QED) is 0.641. The van der Waals surface area contributed by atoms with Gasteiger partial charge in [-0.25, -0.2) is 28.5 Å². The molecule has 0 amide bonds. The maximum absolute atomic E-state index is 11.7. The smallest absolute Gasteiger partial charge is 0.243 e. The molecule has 1 aliphatic rings. The predicted molar refractivity (Wildman–Crippen MR) is 97.0 cm³/mol. The molecule has 1 atom stereocenters. The zero-order valence-corrected chi connectivity index (χ0v) is 15.8. The van der Waals surface area contributed by atoms with Gasteiger partial charge < -0.3 is 0 Å². The van der Waals surface area contributed by atoms with Crippen LogP contribution in [0.2, 0.25) is 5.15 Å². The normalized spacial score (nSPS) is 19.6. The van der Waals surface area contributed by atoms with E-state index in [0.29, 0.717) is 28.8 Å². The van der Waals surface area contributed by atoms with Crippen LogP contribution in [0, 0.1) is 20.8 Å². The first-order chi connectivity index (χ1) is 11.7. The summed E-state index contributed by atoms with van der Waals surface area (Å²) < 4.78 is 24.9. The average Bonchev–Trinajstić information content (AvgIpc) is 2.99. The first kappa shape index (κ1) is 17.8. The maximum atomic E-state index is 11.7. The highest BCUT2D eigenvalue weighted by atomic mass is 35.5. The van der Waals surface area contributed by atoms with Crippen LogP contribution in [0.15, 0.2) is 11.2 Å². The lowest BCUT2D eigenvalue weighted by Crippen LogP contribution is -2.12. The summed E-state index contributed by atoms with van der Waals surface area (Å²) in [7, 11) is -3.01. The number of anilines is 1. The van der Waals surface area contributed by atoms with Gasteiger partial charge in [-0.3, -0.25) is 0 Å². The minimum absolute atomic E-state index is 0.0685. The molecule has 8 nitrogen and oxygen atoms in total. The molecule has 2 aromatic rings. The molecule has 0 aliphatic carbocycles. The van der Waals surface area contributed by atoms with Gasteiger partial charge in [-0.05, 0) is 33.3 Å². The van der Waals surface area contributed by atoms with E-state index in [1.165, 1.54) is 0 Å². The fourth-order valence-corrected chi connectivity index (χ4v) is 4.87. The SMILES string of the molecule is Cc1cc(C)nc(N/N=C\c2c(C)nn([C@H]3CCS(=O)(=O)C3)c2Cl)n1. The van der Waals surface area contributed by atoms with Crippen molar-refractivity contribution in [2.24, 2.45) is 5.10 Å². The minimum atomic E-state index is -3.01. The van der Waals surface area contributed by atoms with Gasteiger partial charge in [-0.15, -0.1) is 0 Å². The number of nitrogens with zero attached hydrogens (tertiary/aromatic N) is 5. The van der Waals surface area contributed by atoms with Crippen LogP contribution in [0.5, 0.6) is 0 Å². The van der Waals surface area contributed by atoms with Crippen LogP contribution in [-0.4, -0.2) is 45.9 Å². The third-order valence-electron chi connectivity index (χ3n) is 3.97. The monoisotopic (exact) mass is 382 g/mol. The fourth-order valence-electron chi connectivity index (χ4n) is 2.82. The highest BCUT2D eigenvalue weighted by Crippen LogP contribution is 2.29. The zero-order chi connectivity index (χ0) is 18.2. The van der Waals surface area contributed by atoms with E-state index in [1.807, 2.05) is 19.9 Å². The fraction of sp³-hybridized carbons (Fsp3) is 0.467. The largest absolute Gasteiger partial charge is 0.249 e. The van der Waals surface area contributed by atoms with Crippen molar-refractivity contribution in [3.63, 3.8) is 0 Å². The van der Waals surface area contributed by atoms with E-state index >= 15 is 0 Å². The molecule has 134 valence electrons. The van der Waals surface area contributed by atoms with Gasteiger partial charge in [-0.2, -0.15) is 10.2 Å². The second-order valence-corrected chi connectivity index (χ2v) is 8.72. The molecule has 2 aromatic heterocycles. The van der Waals surface area contributed by atoms with Gasteiger partial charge in [0.15, 0.2) is 9.84 Å². The molecule has 1 aliphatic heterocycles. The van der Waals surface area contributed by atoms with Crippen LogP contribution in [0.25, 0.3) is 0 Å². The van der Waals surface area contributed by atoms with Gasteiger partial charge in [0.05, 0.1) is 35.0 Å². The molecule has 25 heavy (non-hydrogen) atoms. The summed E-state index contributed by atoms with van der Waals surface area (Å²) in [5, 5.41) is 8.89. The Hall–Kier alpha value is -2.00. The van der Waals surface area contributed by atoms with Gasteiger partial charge >= 0.3 is 0 Å². The summed E-state index contributed by atoms with van der Waals surface area (Å²) in [6.45, 7) is 5.56. The van der Waals surface area contributed by atoms with E-state index in [9.17, 15) is 8.42 Å². The Balaban J connectivity index is 1.79. The van der Waals surface area contributed by atoms with E-state index in [1.54, 1.807) is 17.8 Å². The molecule has 1 N–H and O–H groups in total. The average molecular weight is 383 g/mol. The topological polar surface area (TPSA) is 102 Å². The Kier molecular flexibility index (Phi) is 4.79. The number of hydrogen-bond donors (Lipinski definition) is 1. The molecule has 3 heterocycles. The van der Waals surface area contributed by atoms with Crippen molar-refractivity contribution in [3.05, 3.63) is 33.9 Å². The number of rotatable bonds is 4. The molecule has 1 fully saturated rings. The predicted octanol–water partition coefficient (Wildman–Crippen LogP) is 2.06. The van der Waals surface area contributed by atoms with Crippen LogP contribution in [0.4, 0.5) is 5.95 Å². The molecule has 0 aromatic carbocycles. The van der Waals surface area contributed by atoms with Crippen molar-refractivity contribution in [1.29, 1.82) is 0 Å². The number of nitrogens with one attached hydrogen (secondary N) is 1. The summed E-state index contributed by atoms with van der Waals surface area (Å²) in [6, 6.07) is 1.64. The number of sulfone groups is 1. The van der Waals surface area contributed by atoms with Gasteiger partial charge in [0, 0.05) is 11.4 Å². The Morgan fingerprint density at radius 2 is 2.00 bits per heavy atom. The van der Waals surface area contributed by atoms with E-state index in [0.717, 1.165) is 11.4 Å². The van der Waals surface area contributed by atoms with Crippen molar-refractivity contribution in [2.45, 2.75) is 33.2 Å². The van der Waals surface area contributed by atoms with Crippen LogP contribution in [-0.2, 0) is 9.84 Å². The Morgan fingerprint density at radius 1 is 1.32 bits per heavy atom. The lowest BCUT2D eigenvalue weighted by Gasteiger charge is -2.09. The summed E-state index contributed by atoms with van der Waals surface area (Å²) in [5.41, 5.74) is 5.78. The van der Waals surface area contributed by atoms with E-state index in [4.69, 9.17) is 11.6 Å². The van der Waals surface area contributed by atoms with Gasteiger partial charge in [0.2, 0.25) is 5.95 Å². The second-order valence-electron chi connectivity index (χ2n) is 6.14. The first-order valence-electron chi connectivity index (χ1n) is 7.81. The van der Waals surface area contributed by atoms with Crippen LogP contribution < -0.4 is 5.43 Å². The van der Waals surface area contributed by atoms with Crippen LogP contribution in [0.1, 0.15) is 35.1 Å². The van der Waals surface area contributed by atoms with E-state index < -0.39 is 9.84 Å². The molecule has 3 rings (SSSR count). The number of aromatic nitrogens is 4. The van der Waals surface area contributed by atoms with Crippen molar-refractivity contribution < 1.29 is 8.42 Å². The molecule has 0 spiro atoms. The van der Waals surface area contributed by atoms with Crippen molar-refractivity contribution >= 4 is 33.6 Å². The number of aryl methyl sites for hydroxylation is 3. The Labute approximate surface area is 151 Å². The number of halogens is 1. The third-order valence-corrected chi connectivity index (χ3v) is 6.09. The molecule has 10 heteroatoms. The number of hydrazone groups is 1. The van der Waals surface area contributed by atoms with Crippen molar-refractivity contribution in [3.8, 4) is 0 Å². The second kappa shape index (κ2) is 6.72. The summed E-state index contributed by atoms with van der Waals surface area (Å²) in [6.07, 6.45) is 2.07. The van der Waals surface area contributed by atoms with Gasteiger partial charge in [0.1, 0.15) is 5.15 Å². The van der Waals surface area contributed by atoms with E-state index in [-0.39, 0.29) is 17.5 Å². The third kappa shape index (κ3) is 3.98. The summed E-state index contributed by atoms with van der Waals surface area (Å²) in [5.74, 6) is 0.637. The molecule has 0 unspecified atom stereocenters. The van der Waals surface area contributed by atoms with Crippen LogP contribution in [0.3, 0.4) is 0 Å². The summed E-state index contributed by atoms with van der Waals surface area (Å²) >= 11 is 6.39.